The van der Waals surface area contributed by atoms with E-state index in [4.69, 9.17) is 4.74 Å². The fourth-order valence-electron chi connectivity index (χ4n) is 2.05. The van der Waals surface area contributed by atoms with Crippen LogP contribution in [0, 0.1) is 5.92 Å². The van der Waals surface area contributed by atoms with Crippen molar-refractivity contribution in [3.8, 4) is 5.75 Å². The maximum absolute atomic E-state index is 12.1. The second kappa shape index (κ2) is 8.20. The summed E-state index contributed by atoms with van der Waals surface area (Å²) in [5, 5.41) is 12.2. The molecule has 0 fully saturated rings. The number of carbonyl (C=O) groups excluding carboxylic acids is 1. The summed E-state index contributed by atoms with van der Waals surface area (Å²) in [5.74, 6) is 0.443. The van der Waals surface area contributed by atoms with Gasteiger partial charge in [-0.25, -0.2) is 0 Å². The minimum atomic E-state index is -0.249. The topological polar surface area (TPSA) is 58.6 Å². The fraction of sp³-hybridized carbons (Fsp3) is 0.278. The van der Waals surface area contributed by atoms with E-state index >= 15 is 0 Å². The summed E-state index contributed by atoms with van der Waals surface area (Å²) >= 11 is 0. The molecule has 0 saturated carbocycles. The third-order valence-electron chi connectivity index (χ3n) is 3.43. The largest absolute Gasteiger partial charge is 0.493 e. The van der Waals surface area contributed by atoms with Crippen LogP contribution in [0.3, 0.4) is 0 Å². The number of rotatable bonds is 7. The maximum Gasteiger partial charge on any atom is 0.226 e. The molecule has 0 aromatic heterocycles. The molecular weight excluding hydrogens is 278 g/mol. The van der Waals surface area contributed by atoms with Crippen LogP contribution in [0.15, 0.2) is 54.6 Å². The van der Waals surface area contributed by atoms with E-state index in [9.17, 15) is 9.90 Å². The number of aliphatic hydroxyl groups excluding tert-OH is 1. The van der Waals surface area contributed by atoms with Gasteiger partial charge in [-0.15, -0.1) is 0 Å². The van der Waals surface area contributed by atoms with Gasteiger partial charge in [-0.05, 0) is 23.3 Å². The highest BCUT2D eigenvalue weighted by molar-refractivity contribution is 5.78. The van der Waals surface area contributed by atoms with E-state index in [1.807, 2.05) is 61.5 Å². The first kappa shape index (κ1) is 16.0. The first-order chi connectivity index (χ1) is 10.7. The Bertz CT molecular complexity index is 598. The van der Waals surface area contributed by atoms with Crippen LogP contribution in [0.4, 0.5) is 0 Å². The lowest BCUT2D eigenvalue weighted by Crippen LogP contribution is -2.32. The van der Waals surface area contributed by atoms with E-state index in [2.05, 4.69) is 5.32 Å². The van der Waals surface area contributed by atoms with Crippen LogP contribution >= 0.6 is 0 Å². The number of hydrogen-bond acceptors (Lipinski definition) is 3. The number of carbonyl (C=O) groups is 1. The van der Waals surface area contributed by atoms with Gasteiger partial charge in [0.15, 0.2) is 0 Å². The molecular formula is C18H21NO3. The van der Waals surface area contributed by atoms with E-state index in [0.29, 0.717) is 13.2 Å². The lowest BCUT2D eigenvalue weighted by Gasteiger charge is -2.14. The smallest absolute Gasteiger partial charge is 0.226 e. The summed E-state index contributed by atoms with van der Waals surface area (Å²) in [6.45, 7) is 2.54. The van der Waals surface area contributed by atoms with Gasteiger partial charge in [-0.1, -0.05) is 49.4 Å². The Balaban J connectivity index is 1.81. The predicted molar refractivity (Wildman–Crippen MR) is 85.3 cm³/mol. The zero-order chi connectivity index (χ0) is 15.8. The van der Waals surface area contributed by atoms with Crippen molar-refractivity contribution < 1.29 is 14.6 Å². The van der Waals surface area contributed by atoms with Crippen molar-refractivity contribution in [2.75, 3.05) is 6.61 Å². The molecule has 1 amide bonds. The zero-order valence-corrected chi connectivity index (χ0v) is 12.7. The van der Waals surface area contributed by atoms with Crippen molar-refractivity contribution in [1.29, 1.82) is 0 Å². The van der Waals surface area contributed by atoms with E-state index < -0.39 is 0 Å². The van der Waals surface area contributed by atoms with Crippen LogP contribution in [-0.4, -0.2) is 17.6 Å². The summed E-state index contributed by atoms with van der Waals surface area (Å²) in [4.78, 5) is 12.1. The SMILES string of the molecule is CC(COc1ccccc1)C(=O)NCc1ccccc1CO. The van der Waals surface area contributed by atoms with Gasteiger partial charge < -0.3 is 15.2 Å². The van der Waals surface area contributed by atoms with E-state index in [1.165, 1.54) is 0 Å². The molecule has 2 aromatic carbocycles. The minimum Gasteiger partial charge on any atom is -0.493 e. The van der Waals surface area contributed by atoms with Crippen molar-refractivity contribution in [1.82, 2.24) is 5.32 Å². The maximum atomic E-state index is 12.1. The van der Waals surface area contributed by atoms with Crippen LogP contribution in [0.25, 0.3) is 0 Å². The van der Waals surface area contributed by atoms with Gasteiger partial charge in [-0.2, -0.15) is 0 Å². The number of aliphatic hydroxyl groups is 1. The molecule has 1 unspecified atom stereocenters. The highest BCUT2D eigenvalue weighted by Gasteiger charge is 2.14. The molecule has 0 aliphatic rings. The molecule has 0 aliphatic carbocycles. The van der Waals surface area contributed by atoms with Gasteiger partial charge in [0.05, 0.1) is 19.1 Å². The van der Waals surface area contributed by atoms with E-state index in [1.54, 1.807) is 0 Å². The lowest BCUT2D eigenvalue weighted by molar-refractivity contribution is -0.125. The van der Waals surface area contributed by atoms with Gasteiger partial charge in [0.2, 0.25) is 5.91 Å². The molecule has 0 bridgehead atoms. The van der Waals surface area contributed by atoms with Crippen molar-refractivity contribution >= 4 is 5.91 Å². The summed E-state index contributed by atoms with van der Waals surface area (Å²) in [6, 6.07) is 16.9. The van der Waals surface area contributed by atoms with Gasteiger partial charge in [0.25, 0.3) is 0 Å². The first-order valence-electron chi connectivity index (χ1n) is 7.34. The van der Waals surface area contributed by atoms with Gasteiger partial charge >= 0.3 is 0 Å². The number of para-hydroxylation sites is 1. The Kier molecular flexibility index (Phi) is 5.98. The normalized spacial score (nSPS) is 11.7. The number of amides is 1. The molecule has 2 aromatic rings. The van der Waals surface area contributed by atoms with Crippen LogP contribution < -0.4 is 10.1 Å². The molecule has 4 heteroatoms. The molecule has 0 saturated heterocycles. The Labute approximate surface area is 130 Å². The Morgan fingerprint density at radius 3 is 2.41 bits per heavy atom. The van der Waals surface area contributed by atoms with Crippen LogP contribution in [0.1, 0.15) is 18.1 Å². The molecule has 4 nitrogen and oxygen atoms in total. The average molecular weight is 299 g/mol. The Morgan fingerprint density at radius 2 is 1.73 bits per heavy atom. The molecule has 0 radical (unpaired) electrons. The fourth-order valence-corrected chi connectivity index (χ4v) is 2.05. The molecule has 2 N–H and O–H groups in total. The van der Waals surface area contributed by atoms with Crippen molar-refractivity contribution in [2.45, 2.75) is 20.1 Å². The Hall–Kier alpha value is -2.33. The zero-order valence-electron chi connectivity index (χ0n) is 12.7. The number of benzene rings is 2. The number of nitrogens with one attached hydrogen (secondary N) is 1. The first-order valence-corrected chi connectivity index (χ1v) is 7.34. The van der Waals surface area contributed by atoms with E-state index in [0.717, 1.165) is 16.9 Å². The van der Waals surface area contributed by atoms with Crippen LogP contribution in [-0.2, 0) is 17.9 Å². The quantitative estimate of drug-likeness (QED) is 0.826. The highest BCUT2D eigenvalue weighted by Crippen LogP contribution is 2.11. The van der Waals surface area contributed by atoms with Gasteiger partial charge in [0, 0.05) is 6.54 Å². The molecule has 0 heterocycles. The molecule has 0 aliphatic heterocycles. The minimum absolute atomic E-state index is 0.0291. The Morgan fingerprint density at radius 1 is 1.09 bits per heavy atom. The highest BCUT2D eigenvalue weighted by atomic mass is 16.5. The standard InChI is InChI=1S/C18H21NO3/c1-14(13-22-17-9-3-2-4-10-17)18(21)19-11-15-7-5-6-8-16(15)12-20/h2-10,14,20H,11-13H2,1H3,(H,19,21). The molecule has 22 heavy (non-hydrogen) atoms. The monoisotopic (exact) mass is 299 g/mol. The summed E-state index contributed by atoms with van der Waals surface area (Å²) in [7, 11) is 0. The van der Waals surface area contributed by atoms with Crippen molar-refractivity contribution in [3.63, 3.8) is 0 Å². The molecule has 1 atom stereocenters. The van der Waals surface area contributed by atoms with E-state index in [-0.39, 0.29) is 18.4 Å². The van der Waals surface area contributed by atoms with Crippen molar-refractivity contribution in [2.24, 2.45) is 5.92 Å². The number of hydrogen-bond donors (Lipinski definition) is 2. The molecule has 2 rings (SSSR count). The summed E-state index contributed by atoms with van der Waals surface area (Å²) < 4.78 is 5.59. The predicted octanol–water partition coefficient (Wildman–Crippen LogP) is 2.51. The molecule has 0 spiro atoms. The van der Waals surface area contributed by atoms with Gasteiger partial charge in [-0.3, -0.25) is 4.79 Å². The molecule has 116 valence electrons. The summed E-state index contributed by atoms with van der Waals surface area (Å²) in [6.07, 6.45) is 0. The van der Waals surface area contributed by atoms with Crippen molar-refractivity contribution in [3.05, 3.63) is 65.7 Å². The summed E-state index contributed by atoms with van der Waals surface area (Å²) in [5.41, 5.74) is 1.76. The average Bonchev–Trinajstić information content (AvgIpc) is 2.58. The third-order valence-corrected chi connectivity index (χ3v) is 3.43. The lowest BCUT2D eigenvalue weighted by atomic mass is 10.1. The van der Waals surface area contributed by atoms with Gasteiger partial charge in [0.1, 0.15) is 5.75 Å². The van der Waals surface area contributed by atoms with Crippen LogP contribution in [0.2, 0.25) is 0 Å². The van der Waals surface area contributed by atoms with Crippen LogP contribution in [0.5, 0.6) is 5.75 Å². The second-order valence-corrected chi connectivity index (χ2v) is 5.17. The second-order valence-electron chi connectivity index (χ2n) is 5.17. The number of ether oxygens (including phenoxy) is 1. The third kappa shape index (κ3) is 4.60.